The fraction of sp³-hybridized carbons (Fsp3) is 0.150. The predicted octanol–water partition coefficient (Wildman–Crippen LogP) is 3.56. The molecule has 0 aliphatic heterocycles. The molecule has 3 rings (SSSR count). The first-order valence-corrected chi connectivity index (χ1v) is 8.33. The summed E-state index contributed by atoms with van der Waals surface area (Å²) in [6.45, 7) is 3.62. The number of benzene rings is 2. The first-order valence-electron chi connectivity index (χ1n) is 8.33. The number of nitrogens with one attached hydrogen (secondary N) is 2. The van der Waals surface area contributed by atoms with Gasteiger partial charge in [-0.25, -0.2) is 0 Å². The SMILES string of the molecule is Cc1ccc(OCC(=O)Nc2ccc(C(=O)Nc3cc(C)on3)cc2)cc1. The van der Waals surface area contributed by atoms with Crippen LogP contribution in [0.1, 0.15) is 21.7 Å². The van der Waals surface area contributed by atoms with Crippen LogP contribution in [0.3, 0.4) is 0 Å². The largest absolute Gasteiger partial charge is 0.484 e. The second-order valence-corrected chi connectivity index (χ2v) is 6.00. The summed E-state index contributed by atoms with van der Waals surface area (Å²) in [5, 5.41) is 9.06. The van der Waals surface area contributed by atoms with Crippen LogP contribution in [-0.2, 0) is 4.79 Å². The third-order valence-electron chi connectivity index (χ3n) is 3.69. The summed E-state index contributed by atoms with van der Waals surface area (Å²) in [6.07, 6.45) is 0. The number of nitrogens with zero attached hydrogens (tertiary/aromatic N) is 1. The van der Waals surface area contributed by atoms with Gasteiger partial charge in [-0.2, -0.15) is 0 Å². The number of ether oxygens (including phenoxy) is 1. The molecule has 2 amide bonds. The molecule has 0 atom stereocenters. The van der Waals surface area contributed by atoms with Gasteiger partial charge in [-0.3, -0.25) is 9.59 Å². The highest BCUT2D eigenvalue weighted by atomic mass is 16.5. The van der Waals surface area contributed by atoms with Crippen molar-refractivity contribution < 1.29 is 18.8 Å². The van der Waals surface area contributed by atoms with Crippen molar-refractivity contribution in [2.75, 3.05) is 17.2 Å². The fourth-order valence-corrected chi connectivity index (χ4v) is 2.30. The average molecular weight is 365 g/mol. The standard InChI is InChI=1S/C20H19N3O4/c1-13-3-9-17(10-4-13)26-12-19(24)21-16-7-5-15(6-8-16)20(25)22-18-11-14(2)27-23-18/h3-11H,12H2,1-2H3,(H,21,24)(H,22,23,25). The van der Waals surface area contributed by atoms with E-state index in [4.69, 9.17) is 9.26 Å². The maximum absolute atomic E-state index is 12.1. The van der Waals surface area contributed by atoms with Gasteiger partial charge in [-0.1, -0.05) is 22.9 Å². The number of amides is 2. The minimum atomic E-state index is -0.316. The number of hydrogen-bond acceptors (Lipinski definition) is 5. The molecule has 1 aromatic heterocycles. The third kappa shape index (κ3) is 5.18. The van der Waals surface area contributed by atoms with Crippen molar-refractivity contribution in [3.8, 4) is 5.75 Å². The number of aryl methyl sites for hydroxylation is 2. The molecular formula is C20H19N3O4. The fourth-order valence-electron chi connectivity index (χ4n) is 2.30. The Bertz CT molecular complexity index is 931. The Kier molecular flexibility index (Phi) is 5.51. The number of hydrogen-bond donors (Lipinski definition) is 2. The molecule has 138 valence electrons. The molecule has 7 nitrogen and oxygen atoms in total. The van der Waals surface area contributed by atoms with Gasteiger partial charge >= 0.3 is 0 Å². The highest BCUT2D eigenvalue weighted by Gasteiger charge is 2.10. The zero-order valence-electron chi connectivity index (χ0n) is 15.0. The Morgan fingerprint density at radius 2 is 1.70 bits per heavy atom. The lowest BCUT2D eigenvalue weighted by atomic mass is 10.2. The number of rotatable bonds is 6. The van der Waals surface area contributed by atoms with E-state index in [1.165, 1.54) is 0 Å². The first kappa shape index (κ1) is 18.2. The zero-order valence-corrected chi connectivity index (χ0v) is 15.0. The van der Waals surface area contributed by atoms with E-state index >= 15 is 0 Å². The molecule has 0 radical (unpaired) electrons. The van der Waals surface area contributed by atoms with E-state index in [0.29, 0.717) is 28.6 Å². The minimum Gasteiger partial charge on any atom is -0.484 e. The van der Waals surface area contributed by atoms with Crippen LogP contribution >= 0.6 is 0 Å². The third-order valence-corrected chi connectivity index (χ3v) is 3.69. The molecule has 0 aliphatic rings. The number of carbonyl (C=O) groups excluding carboxylic acids is 2. The van der Waals surface area contributed by atoms with Crippen molar-refractivity contribution in [3.63, 3.8) is 0 Å². The van der Waals surface area contributed by atoms with Gasteiger partial charge in [-0.05, 0) is 50.2 Å². The highest BCUT2D eigenvalue weighted by Crippen LogP contribution is 2.14. The maximum atomic E-state index is 12.1. The Morgan fingerprint density at radius 3 is 2.33 bits per heavy atom. The number of aromatic nitrogens is 1. The normalized spacial score (nSPS) is 10.3. The topological polar surface area (TPSA) is 93.5 Å². The first-order chi connectivity index (χ1) is 13.0. The Hall–Kier alpha value is -3.61. The van der Waals surface area contributed by atoms with Crippen molar-refractivity contribution >= 4 is 23.3 Å². The second-order valence-electron chi connectivity index (χ2n) is 6.00. The predicted molar refractivity (Wildman–Crippen MR) is 101 cm³/mol. The molecule has 0 fully saturated rings. The summed E-state index contributed by atoms with van der Waals surface area (Å²) in [6, 6.07) is 15.6. The molecule has 0 aliphatic carbocycles. The Balaban J connectivity index is 1.51. The van der Waals surface area contributed by atoms with Crippen LogP contribution < -0.4 is 15.4 Å². The smallest absolute Gasteiger partial charge is 0.262 e. The molecule has 1 heterocycles. The lowest BCUT2D eigenvalue weighted by Crippen LogP contribution is -2.20. The molecule has 0 spiro atoms. The molecule has 0 saturated carbocycles. The van der Waals surface area contributed by atoms with Crippen LogP contribution in [0.2, 0.25) is 0 Å². The van der Waals surface area contributed by atoms with Crippen molar-refractivity contribution in [3.05, 3.63) is 71.5 Å². The molecule has 2 aromatic carbocycles. The van der Waals surface area contributed by atoms with E-state index in [1.807, 2.05) is 31.2 Å². The van der Waals surface area contributed by atoms with Gasteiger partial charge in [0.05, 0.1) is 0 Å². The lowest BCUT2D eigenvalue weighted by Gasteiger charge is -2.08. The lowest BCUT2D eigenvalue weighted by molar-refractivity contribution is -0.118. The summed E-state index contributed by atoms with van der Waals surface area (Å²) in [7, 11) is 0. The van der Waals surface area contributed by atoms with Crippen molar-refractivity contribution in [2.45, 2.75) is 13.8 Å². The van der Waals surface area contributed by atoms with E-state index in [-0.39, 0.29) is 18.4 Å². The molecule has 0 bridgehead atoms. The van der Waals surface area contributed by atoms with E-state index < -0.39 is 0 Å². The van der Waals surface area contributed by atoms with Crippen LogP contribution in [0.4, 0.5) is 11.5 Å². The van der Waals surface area contributed by atoms with Gasteiger partial charge in [0.2, 0.25) is 0 Å². The summed E-state index contributed by atoms with van der Waals surface area (Å²) in [4.78, 5) is 24.1. The Labute approximate surface area is 156 Å². The monoisotopic (exact) mass is 365 g/mol. The number of anilines is 2. The van der Waals surface area contributed by atoms with Crippen molar-refractivity contribution in [1.29, 1.82) is 0 Å². The van der Waals surface area contributed by atoms with E-state index in [2.05, 4.69) is 15.8 Å². The summed E-state index contributed by atoms with van der Waals surface area (Å²) in [5.74, 6) is 0.986. The van der Waals surface area contributed by atoms with Crippen LogP contribution in [-0.4, -0.2) is 23.6 Å². The highest BCUT2D eigenvalue weighted by molar-refractivity contribution is 6.04. The number of carbonyl (C=O) groups is 2. The average Bonchev–Trinajstić information content (AvgIpc) is 3.06. The van der Waals surface area contributed by atoms with Gasteiger partial charge in [0.1, 0.15) is 11.5 Å². The van der Waals surface area contributed by atoms with Crippen molar-refractivity contribution in [1.82, 2.24) is 5.16 Å². The van der Waals surface area contributed by atoms with Gasteiger partial charge in [0, 0.05) is 17.3 Å². The zero-order chi connectivity index (χ0) is 19.2. The van der Waals surface area contributed by atoms with Gasteiger partial charge in [-0.15, -0.1) is 0 Å². The van der Waals surface area contributed by atoms with Crippen LogP contribution in [0, 0.1) is 13.8 Å². The molecule has 3 aromatic rings. The van der Waals surface area contributed by atoms with Crippen LogP contribution in [0.5, 0.6) is 5.75 Å². The van der Waals surface area contributed by atoms with Gasteiger partial charge in [0.25, 0.3) is 11.8 Å². The molecule has 7 heteroatoms. The minimum absolute atomic E-state index is 0.100. The summed E-state index contributed by atoms with van der Waals surface area (Å²) in [5.41, 5.74) is 2.13. The Morgan fingerprint density at radius 1 is 1.00 bits per heavy atom. The molecular weight excluding hydrogens is 346 g/mol. The van der Waals surface area contributed by atoms with Gasteiger partial charge < -0.3 is 19.9 Å². The maximum Gasteiger partial charge on any atom is 0.262 e. The molecule has 0 unspecified atom stereocenters. The van der Waals surface area contributed by atoms with Gasteiger partial charge in [0.15, 0.2) is 12.4 Å². The molecule has 0 saturated heterocycles. The van der Waals surface area contributed by atoms with E-state index in [0.717, 1.165) is 5.56 Å². The van der Waals surface area contributed by atoms with Crippen molar-refractivity contribution in [2.24, 2.45) is 0 Å². The summed E-state index contributed by atoms with van der Waals surface area (Å²) < 4.78 is 10.3. The van der Waals surface area contributed by atoms with E-state index in [9.17, 15) is 9.59 Å². The quantitative estimate of drug-likeness (QED) is 0.697. The second kappa shape index (κ2) is 8.18. The summed E-state index contributed by atoms with van der Waals surface area (Å²) >= 11 is 0. The van der Waals surface area contributed by atoms with Crippen LogP contribution in [0.15, 0.2) is 59.1 Å². The van der Waals surface area contributed by atoms with Crippen LogP contribution in [0.25, 0.3) is 0 Å². The molecule has 27 heavy (non-hydrogen) atoms. The van der Waals surface area contributed by atoms with E-state index in [1.54, 1.807) is 37.3 Å². The molecule has 2 N–H and O–H groups in total.